The standard InChI is InChI=1S/C22H31NO4/c1-4-13-23(14-19-11-8-12-21(25-2)22(19)26-3)15-20(24)17-27-16-18-9-6-5-7-10-18/h5-12,20,24H,4,13-17H2,1-3H3. The third-order valence-corrected chi connectivity index (χ3v) is 4.31. The Morgan fingerprint density at radius 3 is 2.44 bits per heavy atom. The Kier molecular flexibility index (Phi) is 9.11. The lowest BCUT2D eigenvalue weighted by molar-refractivity contribution is 0.00846. The van der Waals surface area contributed by atoms with E-state index in [4.69, 9.17) is 14.2 Å². The topological polar surface area (TPSA) is 51.2 Å². The SMILES string of the molecule is CCCN(Cc1cccc(OC)c1OC)CC(O)COCc1ccccc1. The van der Waals surface area contributed by atoms with E-state index in [0.717, 1.165) is 35.6 Å². The van der Waals surface area contributed by atoms with Crippen LogP contribution in [0.25, 0.3) is 0 Å². The molecule has 0 saturated heterocycles. The Labute approximate surface area is 162 Å². The largest absolute Gasteiger partial charge is 0.493 e. The quantitative estimate of drug-likeness (QED) is 0.617. The van der Waals surface area contributed by atoms with E-state index in [-0.39, 0.29) is 0 Å². The molecule has 2 aromatic carbocycles. The molecule has 27 heavy (non-hydrogen) atoms. The van der Waals surface area contributed by atoms with Gasteiger partial charge in [0.2, 0.25) is 0 Å². The summed E-state index contributed by atoms with van der Waals surface area (Å²) in [6, 6.07) is 15.9. The number of nitrogens with zero attached hydrogens (tertiary/aromatic N) is 1. The van der Waals surface area contributed by atoms with E-state index in [1.54, 1.807) is 14.2 Å². The van der Waals surface area contributed by atoms with Gasteiger partial charge in [-0.2, -0.15) is 0 Å². The van der Waals surface area contributed by atoms with Gasteiger partial charge in [-0.25, -0.2) is 0 Å². The third-order valence-electron chi connectivity index (χ3n) is 4.31. The fourth-order valence-electron chi connectivity index (χ4n) is 3.11. The molecule has 5 heteroatoms. The summed E-state index contributed by atoms with van der Waals surface area (Å²) in [4.78, 5) is 2.22. The maximum atomic E-state index is 10.4. The van der Waals surface area contributed by atoms with Gasteiger partial charge >= 0.3 is 0 Å². The molecule has 0 aliphatic heterocycles. The fourth-order valence-corrected chi connectivity index (χ4v) is 3.11. The van der Waals surface area contributed by atoms with Crippen molar-refractivity contribution >= 4 is 0 Å². The van der Waals surface area contributed by atoms with Gasteiger partial charge in [0.05, 0.1) is 33.5 Å². The predicted octanol–water partition coefficient (Wildman–Crippen LogP) is 3.49. The van der Waals surface area contributed by atoms with Gasteiger partial charge in [-0.1, -0.05) is 49.4 Å². The Hall–Kier alpha value is -2.08. The van der Waals surface area contributed by atoms with Gasteiger partial charge in [0.15, 0.2) is 11.5 Å². The second kappa shape index (κ2) is 11.6. The maximum absolute atomic E-state index is 10.4. The van der Waals surface area contributed by atoms with Gasteiger partial charge in [0.1, 0.15) is 0 Å². The van der Waals surface area contributed by atoms with Crippen molar-refractivity contribution in [3.63, 3.8) is 0 Å². The van der Waals surface area contributed by atoms with Crippen LogP contribution in [-0.4, -0.2) is 50.0 Å². The van der Waals surface area contributed by atoms with Gasteiger partial charge < -0.3 is 19.3 Å². The van der Waals surface area contributed by atoms with Gasteiger partial charge in [-0.05, 0) is 24.6 Å². The van der Waals surface area contributed by atoms with Crippen molar-refractivity contribution in [1.82, 2.24) is 4.90 Å². The van der Waals surface area contributed by atoms with E-state index in [0.29, 0.717) is 26.3 Å². The Morgan fingerprint density at radius 1 is 1.00 bits per heavy atom. The summed E-state index contributed by atoms with van der Waals surface area (Å²) >= 11 is 0. The number of hydrogen-bond donors (Lipinski definition) is 1. The van der Waals surface area contributed by atoms with Crippen molar-refractivity contribution in [3.8, 4) is 11.5 Å². The van der Waals surface area contributed by atoms with Crippen LogP contribution in [0.15, 0.2) is 48.5 Å². The molecule has 0 amide bonds. The molecule has 0 fully saturated rings. The highest BCUT2D eigenvalue weighted by atomic mass is 16.5. The number of rotatable bonds is 12. The zero-order chi connectivity index (χ0) is 19.5. The lowest BCUT2D eigenvalue weighted by Gasteiger charge is -2.25. The van der Waals surface area contributed by atoms with E-state index in [1.807, 2.05) is 48.5 Å². The maximum Gasteiger partial charge on any atom is 0.165 e. The first kappa shape index (κ1) is 21.2. The number of ether oxygens (including phenoxy) is 3. The summed E-state index contributed by atoms with van der Waals surface area (Å²) in [6.07, 6.45) is 0.459. The smallest absolute Gasteiger partial charge is 0.165 e. The lowest BCUT2D eigenvalue weighted by Crippen LogP contribution is -2.35. The van der Waals surface area contributed by atoms with Crippen LogP contribution in [0.4, 0.5) is 0 Å². The van der Waals surface area contributed by atoms with Gasteiger partial charge in [-0.3, -0.25) is 4.90 Å². The average Bonchev–Trinajstić information content (AvgIpc) is 2.68. The minimum absolute atomic E-state index is 0.310. The molecule has 0 aromatic heterocycles. The molecule has 2 aromatic rings. The van der Waals surface area contributed by atoms with Crippen molar-refractivity contribution in [2.24, 2.45) is 0 Å². The second-order valence-electron chi connectivity index (χ2n) is 6.54. The van der Waals surface area contributed by atoms with E-state index < -0.39 is 6.10 Å². The first-order valence-electron chi connectivity index (χ1n) is 9.39. The summed E-state index contributed by atoms with van der Waals surface area (Å²) in [5.41, 5.74) is 2.15. The number of para-hydroxylation sites is 1. The van der Waals surface area contributed by atoms with E-state index >= 15 is 0 Å². The first-order valence-corrected chi connectivity index (χ1v) is 9.39. The lowest BCUT2D eigenvalue weighted by atomic mass is 10.1. The molecular weight excluding hydrogens is 342 g/mol. The van der Waals surface area contributed by atoms with E-state index in [9.17, 15) is 5.11 Å². The molecule has 1 atom stereocenters. The Balaban J connectivity index is 1.91. The Morgan fingerprint density at radius 2 is 1.78 bits per heavy atom. The number of methoxy groups -OCH3 is 2. The molecule has 0 aliphatic carbocycles. The van der Waals surface area contributed by atoms with E-state index in [1.165, 1.54) is 0 Å². The second-order valence-corrected chi connectivity index (χ2v) is 6.54. The van der Waals surface area contributed by atoms with Crippen LogP contribution in [0.5, 0.6) is 11.5 Å². The summed E-state index contributed by atoms with van der Waals surface area (Å²) in [5.74, 6) is 1.47. The summed E-state index contributed by atoms with van der Waals surface area (Å²) in [5, 5.41) is 10.4. The predicted molar refractivity (Wildman–Crippen MR) is 107 cm³/mol. The van der Waals surface area contributed by atoms with Crippen LogP contribution in [-0.2, 0) is 17.9 Å². The summed E-state index contributed by atoms with van der Waals surface area (Å²) < 4.78 is 16.6. The zero-order valence-electron chi connectivity index (χ0n) is 16.6. The molecule has 1 unspecified atom stereocenters. The molecule has 0 heterocycles. The molecule has 0 aliphatic rings. The number of aliphatic hydroxyl groups excluding tert-OH is 1. The molecule has 148 valence electrons. The highest BCUT2D eigenvalue weighted by Crippen LogP contribution is 2.31. The van der Waals surface area contributed by atoms with Crippen LogP contribution >= 0.6 is 0 Å². The monoisotopic (exact) mass is 373 g/mol. The van der Waals surface area contributed by atoms with Gasteiger partial charge in [0.25, 0.3) is 0 Å². The van der Waals surface area contributed by atoms with Crippen LogP contribution < -0.4 is 9.47 Å². The highest BCUT2D eigenvalue weighted by Gasteiger charge is 2.16. The molecule has 0 radical (unpaired) electrons. The molecule has 5 nitrogen and oxygen atoms in total. The molecule has 0 bridgehead atoms. The minimum atomic E-state index is -0.545. The van der Waals surface area contributed by atoms with Crippen molar-refractivity contribution < 1.29 is 19.3 Å². The van der Waals surface area contributed by atoms with Crippen LogP contribution in [0.2, 0.25) is 0 Å². The molecule has 0 saturated carbocycles. The Bertz CT molecular complexity index is 663. The molecule has 2 rings (SSSR count). The third kappa shape index (κ3) is 6.86. The van der Waals surface area contributed by atoms with E-state index in [2.05, 4.69) is 11.8 Å². The van der Waals surface area contributed by atoms with Gasteiger partial charge in [-0.15, -0.1) is 0 Å². The van der Waals surface area contributed by atoms with Gasteiger partial charge in [0, 0.05) is 18.7 Å². The van der Waals surface area contributed by atoms with Crippen molar-refractivity contribution in [1.29, 1.82) is 0 Å². The number of hydrogen-bond acceptors (Lipinski definition) is 5. The minimum Gasteiger partial charge on any atom is -0.493 e. The summed E-state index contributed by atoms with van der Waals surface area (Å²) in [6.45, 7) is 5.07. The molecule has 0 spiro atoms. The van der Waals surface area contributed by atoms with Crippen LogP contribution in [0.1, 0.15) is 24.5 Å². The molecular formula is C22H31NO4. The number of aliphatic hydroxyl groups is 1. The first-order chi connectivity index (χ1) is 13.2. The van der Waals surface area contributed by atoms with Crippen molar-refractivity contribution in [2.75, 3.05) is 33.9 Å². The van der Waals surface area contributed by atoms with Crippen LogP contribution in [0.3, 0.4) is 0 Å². The number of benzene rings is 2. The molecule has 1 N–H and O–H groups in total. The normalized spacial score (nSPS) is 12.2. The van der Waals surface area contributed by atoms with Crippen LogP contribution in [0, 0.1) is 0 Å². The zero-order valence-corrected chi connectivity index (χ0v) is 16.6. The van der Waals surface area contributed by atoms with Crippen molar-refractivity contribution in [2.45, 2.75) is 32.6 Å². The summed E-state index contributed by atoms with van der Waals surface area (Å²) in [7, 11) is 3.29. The highest BCUT2D eigenvalue weighted by molar-refractivity contribution is 5.46. The average molecular weight is 373 g/mol. The van der Waals surface area contributed by atoms with Crippen molar-refractivity contribution in [3.05, 3.63) is 59.7 Å². The fraction of sp³-hybridized carbons (Fsp3) is 0.455.